The van der Waals surface area contributed by atoms with Gasteiger partial charge < -0.3 is 19.6 Å². The van der Waals surface area contributed by atoms with Crippen LogP contribution < -0.4 is 15.7 Å². The molecule has 1 heterocycles. The van der Waals surface area contributed by atoms with Crippen molar-refractivity contribution >= 4 is 35.1 Å². The Kier molecular flexibility index (Phi) is 7.47. The highest BCUT2D eigenvalue weighted by atomic mass is 35.5. The van der Waals surface area contributed by atoms with Crippen LogP contribution in [0.2, 0.25) is 5.02 Å². The normalized spacial score (nSPS) is 10.3. The Morgan fingerprint density at radius 3 is 2.39 bits per heavy atom. The summed E-state index contributed by atoms with van der Waals surface area (Å²) in [7, 11) is 2.37. The van der Waals surface area contributed by atoms with E-state index < -0.39 is 23.4 Å². The molecule has 0 aliphatic rings. The van der Waals surface area contributed by atoms with Crippen LogP contribution in [-0.4, -0.2) is 36.8 Å². The van der Waals surface area contributed by atoms with Crippen molar-refractivity contribution < 1.29 is 28.7 Å². The number of hydrogen-bond donors (Lipinski definition) is 1. The lowest BCUT2D eigenvalue weighted by atomic mass is 10.1. The second-order valence-corrected chi connectivity index (χ2v) is 7.09. The maximum atomic E-state index is 12.9. The molecule has 1 N–H and O–H groups in total. The molecule has 170 valence electrons. The van der Waals surface area contributed by atoms with Crippen molar-refractivity contribution in [2.75, 3.05) is 19.5 Å². The van der Waals surface area contributed by atoms with E-state index in [0.29, 0.717) is 5.02 Å². The van der Waals surface area contributed by atoms with Crippen LogP contribution >= 0.6 is 11.6 Å². The van der Waals surface area contributed by atoms with Crippen molar-refractivity contribution in [3.63, 3.8) is 0 Å². The number of carbonyl (C=O) groups is 3. The van der Waals surface area contributed by atoms with Crippen LogP contribution in [0.5, 0.6) is 0 Å². The summed E-state index contributed by atoms with van der Waals surface area (Å²) < 4.78 is 10.3. The lowest BCUT2D eigenvalue weighted by Gasteiger charge is -2.13. The number of nitrogens with zero attached hydrogens (tertiary/aromatic N) is 1. The molecule has 0 saturated heterocycles. The quantitative estimate of drug-likeness (QED) is 0.528. The van der Waals surface area contributed by atoms with Crippen molar-refractivity contribution in [1.29, 1.82) is 0 Å². The molecule has 0 bridgehead atoms. The monoisotopic (exact) mass is 470 g/mol. The van der Waals surface area contributed by atoms with Crippen LogP contribution in [0.3, 0.4) is 0 Å². The average molecular weight is 471 g/mol. The minimum atomic E-state index is -0.812. The first-order valence-electron chi connectivity index (χ1n) is 9.55. The van der Waals surface area contributed by atoms with Crippen LogP contribution in [0.4, 0.5) is 5.69 Å². The maximum absolute atomic E-state index is 12.9. The molecule has 0 radical (unpaired) electrons. The van der Waals surface area contributed by atoms with E-state index in [9.17, 15) is 19.2 Å². The number of esters is 2. The summed E-state index contributed by atoms with van der Waals surface area (Å²) in [6.07, 6.45) is 1.36. The first-order chi connectivity index (χ1) is 15.8. The molecule has 0 atom stereocenters. The van der Waals surface area contributed by atoms with Crippen molar-refractivity contribution in [2.24, 2.45) is 0 Å². The second-order valence-electron chi connectivity index (χ2n) is 6.65. The fourth-order valence-corrected chi connectivity index (χ4v) is 3.10. The Hall–Kier alpha value is -4.11. The topological polar surface area (TPSA) is 113 Å². The van der Waals surface area contributed by atoms with E-state index in [-0.39, 0.29) is 29.0 Å². The fraction of sp³-hybridized carbons (Fsp3) is 0.130. The molecular weight excluding hydrogens is 452 g/mol. The van der Waals surface area contributed by atoms with Crippen LogP contribution in [0.15, 0.2) is 65.6 Å². The molecule has 3 aromatic rings. The van der Waals surface area contributed by atoms with Gasteiger partial charge in [-0.1, -0.05) is 23.7 Å². The van der Waals surface area contributed by atoms with Gasteiger partial charge in [0, 0.05) is 11.2 Å². The number of carbonyl (C=O) groups excluding carboxylic acids is 3. The van der Waals surface area contributed by atoms with E-state index in [1.165, 1.54) is 50.7 Å². The molecule has 0 spiro atoms. The summed E-state index contributed by atoms with van der Waals surface area (Å²) in [4.78, 5) is 55.1. The smallest absolute Gasteiger partial charge is 0.339 e. The Labute approximate surface area is 193 Å². The van der Waals surface area contributed by atoms with E-state index in [1.54, 1.807) is 24.3 Å². The van der Waals surface area contributed by atoms with Crippen molar-refractivity contribution in [2.45, 2.75) is 6.61 Å². The van der Waals surface area contributed by atoms with Crippen LogP contribution in [0.1, 0.15) is 36.6 Å². The second kappa shape index (κ2) is 10.5. The SMILES string of the molecule is COC(=O)c1ccc(C(=O)OC)c(NC(=O)c2cccn(OCc3cccc(Cl)c3)c2=O)c1. The van der Waals surface area contributed by atoms with E-state index >= 15 is 0 Å². The molecule has 0 aliphatic heterocycles. The number of anilines is 1. The molecule has 0 saturated carbocycles. The first-order valence-corrected chi connectivity index (χ1v) is 9.93. The average Bonchev–Trinajstić information content (AvgIpc) is 2.82. The van der Waals surface area contributed by atoms with Gasteiger partial charge in [0.25, 0.3) is 11.5 Å². The lowest BCUT2D eigenvalue weighted by molar-refractivity contribution is 0.0587. The summed E-state index contributed by atoms with van der Waals surface area (Å²) in [6.45, 7) is 0.0409. The number of aromatic nitrogens is 1. The van der Waals surface area contributed by atoms with E-state index in [1.807, 2.05) is 0 Å². The molecule has 33 heavy (non-hydrogen) atoms. The summed E-state index contributed by atoms with van der Waals surface area (Å²) in [5.74, 6) is -2.22. The Balaban J connectivity index is 1.87. The lowest BCUT2D eigenvalue weighted by Crippen LogP contribution is -2.32. The van der Waals surface area contributed by atoms with Gasteiger partial charge in [-0.3, -0.25) is 9.59 Å². The molecule has 0 unspecified atom stereocenters. The number of hydrogen-bond acceptors (Lipinski definition) is 7. The minimum absolute atomic E-state index is 0.00744. The fourth-order valence-electron chi connectivity index (χ4n) is 2.89. The third-order valence-electron chi connectivity index (χ3n) is 4.51. The number of methoxy groups -OCH3 is 2. The number of rotatable bonds is 7. The number of benzene rings is 2. The number of halogens is 1. The standard InChI is InChI=1S/C23H19ClN2O7/c1-31-22(29)15-8-9-17(23(30)32-2)19(12-15)25-20(27)18-7-4-10-26(21(18)28)33-13-14-5-3-6-16(24)11-14/h3-12H,13H2,1-2H3,(H,25,27). The Morgan fingerprint density at radius 2 is 1.70 bits per heavy atom. The highest BCUT2D eigenvalue weighted by Crippen LogP contribution is 2.20. The largest absolute Gasteiger partial charge is 0.465 e. The number of ether oxygens (including phenoxy) is 2. The van der Waals surface area contributed by atoms with E-state index in [0.717, 1.165) is 10.3 Å². The van der Waals surface area contributed by atoms with Gasteiger partial charge in [0.1, 0.15) is 12.2 Å². The molecule has 9 nitrogen and oxygen atoms in total. The van der Waals surface area contributed by atoms with E-state index in [2.05, 4.69) is 10.1 Å². The van der Waals surface area contributed by atoms with Crippen molar-refractivity contribution in [3.05, 3.63) is 98.4 Å². The zero-order valence-corrected chi connectivity index (χ0v) is 18.4. The van der Waals surface area contributed by atoms with Crippen LogP contribution in [0.25, 0.3) is 0 Å². The summed E-state index contributed by atoms with van der Waals surface area (Å²) >= 11 is 5.95. The first kappa shape index (κ1) is 23.6. The molecule has 10 heteroatoms. The maximum Gasteiger partial charge on any atom is 0.339 e. The van der Waals surface area contributed by atoms with Gasteiger partial charge in [-0.15, -0.1) is 0 Å². The molecule has 0 aliphatic carbocycles. The Morgan fingerprint density at radius 1 is 0.939 bits per heavy atom. The summed E-state index contributed by atoms with van der Waals surface area (Å²) in [5, 5.41) is 3.00. The number of amides is 1. The third-order valence-corrected chi connectivity index (χ3v) is 4.75. The van der Waals surface area contributed by atoms with Gasteiger partial charge in [0.2, 0.25) is 0 Å². The zero-order chi connectivity index (χ0) is 24.0. The number of nitrogens with one attached hydrogen (secondary N) is 1. The van der Waals surface area contributed by atoms with Gasteiger partial charge in [0.05, 0.1) is 31.0 Å². The molecular formula is C23H19ClN2O7. The zero-order valence-electron chi connectivity index (χ0n) is 17.7. The van der Waals surface area contributed by atoms with Gasteiger partial charge >= 0.3 is 11.9 Å². The number of pyridine rings is 1. The predicted octanol–water partition coefficient (Wildman–Crippen LogP) is 2.96. The molecule has 1 amide bonds. The molecule has 0 fully saturated rings. The molecule has 1 aromatic heterocycles. The Bertz CT molecular complexity index is 1270. The highest BCUT2D eigenvalue weighted by Gasteiger charge is 2.20. The van der Waals surface area contributed by atoms with Gasteiger partial charge in [0.15, 0.2) is 0 Å². The van der Waals surface area contributed by atoms with Gasteiger partial charge in [-0.05, 0) is 48.0 Å². The molecule has 2 aromatic carbocycles. The minimum Gasteiger partial charge on any atom is -0.465 e. The van der Waals surface area contributed by atoms with E-state index in [4.69, 9.17) is 21.2 Å². The van der Waals surface area contributed by atoms with Gasteiger partial charge in [-0.25, -0.2) is 9.59 Å². The molecule has 3 rings (SSSR count). The van der Waals surface area contributed by atoms with Crippen molar-refractivity contribution in [3.8, 4) is 0 Å². The van der Waals surface area contributed by atoms with Gasteiger partial charge in [-0.2, -0.15) is 4.73 Å². The van der Waals surface area contributed by atoms with Crippen LogP contribution in [-0.2, 0) is 16.1 Å². The summed E-state index contributed by atoms with van der Waals surface area (Å²) in [5.41, 5.74) is -0.178. The summed E-state index contributed by atoms with van der Waals surface area (Å²) in [6, 6.07) is 13.6. The third kappa shape index (κ3) is 5.58. The van der Waals surface area contributed by atoms with Crippen molar-refractivity contribution in [1.82, 2.24) is 4.73 Å². The highest BCUT2D eigenvalue weighted by molar-refractivity contribution is 6.30. The van der Waals surface area contributed by atoms with Crippen LogP contribution in [0, 0.1) is 0 Å². The predicted molar refractivity (Wildman–Crippen MR) is 120 cm³/mol.